The maximum absolute atomic E-state index is 9.46. The number of nitrogens with two attached hydrogens (primary N) is 1. The molecule has 0 saturated heterocycles. The zero-order valence-corrected chi connectivity index (χ0v) is 11.7. The van der Waals surface area contributed by atoms with E-state index in [4.69, 9.17) is 10.5 Å². The summed E-state index contributed by atoms with van der Waals surface area (Å²) in [5.41, 5.74) is 7.89. The van der Waals surface area contributed by atoms with Crippen LogP contribution in [0, 0.1) is 0 Å². The number of fused-ring (bicyclic) bond motifs is 1. The van der Waals surface area contributed by atoms with E-state index in [0.717, 1.165) is 11.0 Å². The molecule has 0 saturated carbocycles. The van der Waals surface area contributed by atoms with Crippen LogP contribution in [0.25, 0.3) is 11.0 Å². The van der Waals surface area contributed by atoms with Crippen LogP contribution in [0.2, 0.25) is 0 Å². The maximum atomic E-state index is 9.46. The van der Waals surface area contributed by atoms with Crippen molar-refractivity contribution < 1.29 is 9.84 Å². The lowest BCUT2D eigenvalue weighted by Gasteiger charge is -2.26. The molecule has 0 unspecified atom stereocenters. The predicted molar refractivity (Wildman–Crippen MR) is 75.8 cm³/mol. The Bertz CT molecular complexity index is 575. The Morgan fingerprint density at radius 1 is 1.42 bits per heavy atom. The van der Waals surface area contributed by atoms with Crippen LogP contribution in [-0.2, 0) is 17.9 Å². The molecule has 104 valence electrons. The van der Waals surface area contributed by atoms with Crippen molar-refractivity contribution in [3.63, 3.8) is 0 Å². The Labute approximate surface area is 113 Å². The Balaban J connectivity index is 2.46. The van der Waals surface area contributed by atoms with Crippen LogP contribution in [0.15, 0.2) is 18.2 Å². The smallest absolute Gasteiger partial charge is 0.135 e. The van der Waals surface area contributed by atoms with E-state index in [2.05, 4.69) is 4.98 Å². The summed E-state index contributed by atoms with van der Waals surface area (Å²) in [7, 11) is 0. The second-order valence-electron chi connectivity index (χ2n) is 5.21. The minimum atomic E-state index is -0.312. The number of nitrogen functional groups attached to an aromatic ring is 1. The highest BCUT2D eigenvalue weighted by atomic mass is 16.5. The molecule has 5 heteroatoms. The number of aliphatic hydroxyl groups is 1. The summed E-state index contributed by atoms with van der Waals surface area (Å²) < 4.78 is 7.71. The zero-order chi connectivity index (χ0) is 14.0. The Hall–Kier alpha value is -1.59. The quantitative estimate of drug-likeness (QED) is 0.808. The molecule has 19 heavy (non-hydrogen) atoms. The van der Waals surface area contributed by atoms with Gasteiger partial charge >= 0.3 is 0 Å². The molecule has 0 aliphatic rings. The molecule has 2 rings (SSSR count). The van der Waals surface area contributed by atoms with Crippen molar-refractivity contribution >= 4 is 16.7 Å². The summed E-state index contributed by atoms with van der Waals surface area (Å²) in [5, 5.41) is 9.46. The molecule has 3 N–H and O–H groups in total. The molecule has 0 amide bonds. The van der Waals surface area contributed by atoms with Gasteiger partial charge in [-0.3, -0.25) is 0 Å². The van der Waals surface area contributed by atoms with E-state index >= 15 is 0 Å². The molecule has 1 aromatic heterocycles. The van der Waals surface area contributed by atoms with Gasteiger partial charge in [-0.2, -0.15) is 0 Å². The number of benzene rings is 1. The average Bonchev–Trinajstić information content (AvgIpc) is 2.65. The van der Waals surface area contributed by atoms with Crippen molar-refractivity contribution in [1.29, 1.82) is 0 Å². The van der Waals surface area contributed by atoms with Gasteiger partial charge < -0.3 is 20.1 Å². The normalized spacial score (nSPS) is 12.2. The van der Waals surface area contributed by atoms with Gasteiger partial charge in [0.05, 0.1) is 23.2 Å². The van der Waals surface area contributed by atoms with E-state index in [1.807, 2.05) is 43.5 Å². The molecular weight excluding hydrogens is 242 g/mol. The predicted octanol–water partition coefficient (Wildman–Crippen LogP) is 1.93. The second kappa shape index (κ2) is 5.19. The summed E-state index contributed by atoms with van der Waals surface area (Å²) >= 11 is 0. The molecular formula is C14H21N3O2. The maximum Gasteiger partial charge on any atom is 0.135 e. The number of anilines is 1. The lowest BCUT2D eigenvalue weighted by Crippen LogP contribution is -2.31. The van der Waals surface area contributed by atoms with Crippen LogP contribution in [0.1, 0.15) is 26.6 Å². The number of aliphatic hydroxyl groups excluding tert-OH is 1. The van der Waals surface area contributed by atoms with Gasteiger partial charge in [0, 0.05) is 12.3 Å². The minimum Gasteiger partial charge on any atom is -0.399 e. The molecule has 0 aliphatic heterocycles. The monoisotopic (exact) mass is 263 g/mol. The Kier molecular flexibility index (Phi) is 3.78. The third-order valence-corrected chi connectivity index (χ3v) is 3.07. The Morgan fingerprint density at radius 3 is 2.79 bits per heavy atom. The van der Waals surface area contributed by atoms with E-state index in [0.29, 0.717) is 24.7 Å². The largest absolute Gasteiger partial charge is 0.399 e. The van der Waals surface area contributed by atoms with Gasteiger partial charge in [-0.15, -0.1) is 0 Å². The van der Waals surface area contributed by atoms with Crippen molar-refractivity contribution in [2.75, 3.05) is 12.3 Å². The number of hydrogen-bond donors (Lipinski definition) is 2. The average molecular weight is 263 g/mol. The van der Waals surface area contributed by atoms with Crippen LogP contribution < -0.4 is 5.73 Å². The fourth-order valence-electron chi connectivity index (χ4n) is 2.31. The molecule has 2 aromatic rings. The second-order valence-corrected chi connectivity index (χ2v) is 5.21. The molecule has 1 heterocycles. The first-order valence-corrected chi connectivity index (χ1v) is 6.46. The standard InChI is InChI=1S/C14H21N3O2/c1-4-19-14(2,3)9-17-12-6-5-10(15)7-11(12)16-13(17)8-18/h5-7,18H,4,8-9,15H2,1-3H3. The fraction of sp³-hybridized carbons (Fsp3) is 0.500. The molecule has 0 bridgehead atoms. The molecule has 0 fully saturated rings. The van der Waals surface area contributed by atoms with Crippen molar-refractivity contribution in [2.24, 2.45) is 0 Å². The first-order chi connectivity index (χ1) is 8.96. The van der Waals surface area contributed by atoms with E-state index < -0.39 is 0 Å². The van der Waals surface area contributed by atoms with Gasteiger partial charge in [-0.05, 0) is 39.0 Å². The molecule has 0 aliphatic carbocycles. The summed E-state index contributed by atoms with van der Waals surface area (Å²) in [6.07, 6.45) is 0. The first kappa shape index (κ1) is 13.8. The lowest BCUT2D eigenvalue weighted by atomic mass is 10.1. The van der Waals surface area contributed by atoms with Crippen LogP contribution >= 0.6 is 0 Å². The summed E-state index contributed by atoms with van der Waals surface area (Å²) in [6.45, 7) is 7.22. The van der Waals surface area contributed by atoms with Gasteiger partial charge in [0.25, 0.3) is 0 Å². The van der Waals surface area contributed by atoms with Crippen LogP contribution in [-0.4, -0.2) is 26.9 Å². The molecule has 0 radical (unpaired) electrons. The third kappa shape index (κ3) is 2.88. The van der Waals surface area contributed by atoms with Crippen LogP contribution in [0.4, 0.5) is 5.69 Å². The highest BCUT2D eigenvalue weighted by Crippen LogP contribution is 2.23. The number of nitrogens with zero attached hydrogens (tertiary/aromatic N) is 2. The van der Waals surface area contributed by atoms with E-state index in [1.165, 1.54) is 0 Å². The number of ether oxygens (including phenoxy) is 1. The van der Waals surface area contributed by atoms with Crippen LogP contribution in [0.3, 0.4) is 0 Å². The van der Waals surface area contributed by atoms with E-state index in [9.17, 15) is 5.11 Å². The summed E-state index contributed by atoms with van der Waals surface area (Å²) in [6, 6.07) is 5.59. The summed E-state index contributed by atoms with van der Waals surface area (Å²) in [4.78, 5) is 4.41. The van der Waals surface area contributed by atoms with Gasteiger partial charge in [-0.1, -0.05) is 0 Å². The number of hydrogen-bond acceptors (Lipinski definition) is 4. The minimum absolute atomic E-state index is 0.100. The number of imidazole rings is 1. The van der Waals surface area contributed by atoms with Crippen molar-refractivity contribution in [2.45, 2.75) is 39.5 Å². The highest BCUT2D eigenvalue weighted by Gasteiger charge is 2.22. The van der Waals surface area contributed by atoms with Gasteiger partial charge in [0.1, 0.15) is 12.4 Å². The topological polar surface area (TPSA) is 73.3 Å². The van der Waals surface area contributed by atoms with Crippen molar-refractivity contribution in [1.82, 2.24) is 9.55 Å². The molecule has 5 nitrogen and oxygen atoms in total. The fourth-order valence-corrected chi connectivity index (χ4v) is 2.31. The molecule has 0 atom stereocenters. The SMILES string of the molecule is CCOC(C)(C)Cn1c(CO)nc2cc(N)ccc21. The van der Waals surface area contributed by atoms with Gasteiger partial charge in [-0.25, -0.2) is 4.98 Å². The number of aromatic nitrogens is 2. The lowest BCUT2D eigenvalue weighted by molar-refractivity contribution is -0.0226. The zero-order valence-electron chi connectivity index (χ0n) is 11.7. The van der Waals surface area contributed by atoms with Crippen molar-refractivity contribution in [3.8, 4) is 0 Å². The third-order valence-electron chi connectivity index (χ3n) is 3.07. The highest BCUT2D eigenvalue weighted by molar-refractivity contribution is 5.79. The van der Waals surface area contributed by atoms with E-state index in [1.54, 1.807) is 0 Å². The molecule has 0 spiro atoms. The van der Waals surface area contributed by atoms with E-state index in [-0.39, 0.29) is 12.2 Å². The van der Waals surface area contributed by atoms with Gasteiger partial charge in [0.15, 0.2) is 0 Å². The summed E-state index contributed by atoms with van der Waals surface area (Å²) in [5.74, 6) is 0.633. The Morgan fingerprint density at radius 2 is 2.16 bits per heavy atom. The van der Waals surface area contributed by atoms with Gasteiger partial charge in [0.2, 0.25) is 0 Å². The number of rotatable bonds is 5. The first-order valence-electron chi connectivity index (χ1n) is 6.46. The van der Waals surface area contributed by atoms with Crippen LogP contribution in [0.5, 0.6) is 0 Å². The van der Waals surface area contributed by atoms with Crippen molar-refractivity contribution in [3.05, 3.63) is 24.0 Å². The molecule has 1 aromatic carbocycles.